The summed E-state index contributed by atoms with van der Waals surface area (Å²) in [6.07, 6.45) is 0.789. The number of nitriles is 1. The zero-order valence-corrected chi connectivity index (χ0v) is 13.2. The summed E-state index contributed by atoms with van der Waals surface area (Å²) in [5.74, 6) is 2.82. The van der Waals surface area contributed by atoms with Crippen LogP contribution in [0, 0.1) is 11.3 Å². The lowest BCUT2D eigenvalue weighted by molar-refractivity contribution is 0.466. The van der Waals surface area contributed by atoms with E-state index in [1.807, 2.05) is 31.2 Å². The van der Waals surface area contributed by atoms with Gasteiger partial charge in [-0.1, -0.05) is 6.92 Å². The molecule has 0 aliphatic carbocycles. The summed E-state index contributed by atoms with van der Waals surface area (Å²) in [6, 6.07) is 16.3. The van der Waals surface area contributed by atoms with Gasteiger partial charge in [0.1, 0.15) is 23.1 Å². The van der Waals surface area contributed by atoms with Gasteiger partial charge in [-0.25, -0.2) is 0 Å². The van der Waals surface area contributed by atoms with Gasteiger partial charge in [-0.2, -0.15) is 14.6 Å². The lowest BCUT2D eigenvalue weighted by atomic mass is 10.2. The van der Waals surface area contributed by atoms with Crippen molar-refractivity contribution in [3.05, 3.63) is 59.9 Å². The summed E-state index contributed by atoms with van der Waals surface area (Å²) in [6.45, 7) is 2.00. The van der Waals surface area contributed by atoms with Gasteiger partial charge in [0.25, 0.3) is 5.19 Å². The molecule has 1 heterocycles. The van der Waals surface area contributed by atoms with Gasteiger partial charge in [-0.05, 0) is 48.5 Å². The van der Waals surface area contributed by atoms with Gasteiger partial charge >= 0.3 is 0 Å². The van der Waals surface area contributed by atoms with E-state index in [-0.39, 0.29) is 0 Å². The van der Waals surface area contributed by atoms with Crippen molar-refractivity contribution in [1.29, 1.82) is 5.26 Å². The first-order valence-electron chi connectivity index (χ1n) is 7.05. The molecular weight excluding hydrogens is 310 g/mol. The molecule has 0 saturated carbocycles. The quantitative estimate of drug-likeness (QED) is 0.688. The van der Waals surface area contributed by atoms with Crippen LogP contribution >= 0.6 is 11.5 Å². The summed E-state index contributed by atoms with van der Waals surface area (Å²) >= 11 is 1.24. The van der Waals surface area contributed by atoms with Crippen molar-refractivity contribution >= 4 is 11.5 Å². The topological polar surface area (TPSA) is 68.0 Å². The molecule has 3 rings (SSSR count). The molecule has 0 unspecified atom stereocenters. The highest BCUT2D eigenvalue weighted by atomic mass is 32.1. The van der Waals surface area contributed by atoms with Crippen molar-refractivity contribution in [2.24, 2.45) is 0 Å². The minimum atomic E-state index is 0.530. The largest absolute Gasteiger partial charge is 0.457 e. The van der Waals surface area contributed by atoms with Crippen LogP contribution < -0.4 is 9.47 Å². The molecule has 0 aliphatic heterocycles. The van der Waals surface area contributed by atoms with Gasteiger partial charge in [-0.3, -0.25) is 0 Å². The maximum absolute atomic E-state index is 8.77. The zero-order chi connectivity index (χ0) is 16.1. The molecule has 3 aromatic rings. The molecule has 0 fully saturated rings. The molecule has 114 valence electrons. The van der Waals surface area contributed by atoms with Crippen molar-refractivity contribution in [2.75, 3.05) is 0 Å². The Balaban J connectivity index is 1.65. The molecule has 0 N–H and O–H groups in total. The first kappa shape index (κ1) is 15.0. The Hall–Kier alpha value is -2.91. The monoisotopic (exact) mass is 323 g/mol. The Labute approximate surface area is 137 Å². The fourth-order valence-corrected chi connectivity index (χ4v) is 2.47. The predicted molar refractivity (Wildman–Crippen MR) is 87.0 cm³/mol. The van der Waals surface area contributed by atoms with Gasteiger partial charge in [0.15, 0.2) is 0 Å². The molecule has 0 spiro atoms. The molecule has 0 atom stereocenters. The second kappa shape index (κ2) is 6.90. The third-order valence-corrected chi connectivity index (χ3v) is 3.65. The Morgan fingerprint density at radius 3 is 2.04 bits per heavy atom. The number of nitrogens with zero attached hydrogens (tertiary/aromatic N) is 3. The highest BCUT2D eigenvalue weighted by Crippen LogP contribution is 2.27. The normalized spacial score (nSPS) is 10.1. The van der Waals surface area contributed by atoms with E-state index in [0.717, 1.165) is 12.2 Å². The summed E-state index contributed by atoms with van der Waals surface area (Å²) in [7, 11) is 0. The number of benzene rings is 2. The number of ether oxygens (including phenoxy) is 2. The van der Waals surface area contributed by atoms with Gasteiger partial charge in [0.05, 0.1) is 11.6 Å². The Morgan fingerprint density at radius 1 is 0.957 bits per heavy atom. The van der Waals surface area contributed by atoms with Crippen LogP contribution in [0.2, 0.25) is 0 Å². The van der Waals surface area contributed by atoms with Crippen LogP contribution in [-0.4, -0.2) is 9.36 Å². The molecule has 0 radical (unpaired) electrons. The summed E-state index contributed by atoms with van der Waals surface area (Å²) in [5.41, 5.74) is 0.601. The van der Waals surface area contributed by atoms with Crippen molar-refractivity contribution in [3.8, 4) is 28.5 Å². The third kappa shape index (κ3) is 3.84. The molecule has 0 aliphatic rings. The van der Waals surface area contributed by atoms with Crippen LogP contribution in [0.3, 0.4) is 0 Å². The number of aryl methyl sites for hydroxylation is 1. The molecule has 5 nitrogen and oxygen atoms in total. The number of aromatic nitrogens is 2. The zero-order valence-electron chi connectivity index (χ0n) is 12.4. The van der Waals surface area contributed by atoms with Crippen molar-refractivity contribution in [2.45, 2.75) is 13.3 Å². The van der Waals surface area contributed by atoms with Crippen LogP contribution in [0.1, 0.15) is 18.3 Å². The number of rotatable bonds is 5. The molecular formula is C17H13N3O2S. The Morgan fingerprint density at radius 2 is 1.52 bits per heavy atom. The third-order valence-electron chi connectivity index (χ3n) is 3.01. The van der Waals surface area contributed by atoms with Gasteiger partial charge in [-0.15, -0.1) is 0 Å². The van der Waals surface area contributed by atoms with Crippen molar-refractivity contribution in [1.82, 2.24) is 9.36 Å². The van der Waals surface area contributed by atoms with Crippen LogP contribution in [0.5, 0.6) is 22.4 Å². The first-order valence-corrected chi connectivity index (χ1v) is 7.82. The van der Waals surface area contributed by atoms with Crippen LogP contribution in [-0.2, 0) is 6.42 Å². The molecule has 23 heavy (non-hydrogen) atoms. The van der Waals surface area contributed by atoms with E-state index < -0.39 is 0 Å². The van der Waals surface area contributed by atoms with Gasteiger partial charge in [0.2, 0.25) is 0 Å². The average Bonchev–Trinajstić information content (AvgIpc) is 3.05. The molecule has 0 bridgehead atoms. The molecule has 1 aromatic heterocycles. The van der Waals surface area contributed by atoms with E-state index >= 15 is 0 Å². The van der Waals surface area contributed by atoms with Crippen LogP contribution in [0.15, 0.2) is 48.5 Å². The van der Waals surface area contributed by atoms with E-state index in [9.17, 15) is 0 Å². The molecule has 6 heteroatoms. The summed E-state index contributed by atoms with van der Waals surface area (Å²) in [4.78, 5) is 4.26. The fraction of sp³-hybridized carbons (Fsp3) is 0.118. The van der Waals surface area contributed by atoms with E-state index in [1.165, 1.54) is 11.5 Å². The standard InChI is InChI=1S/C17H13N3O2S/c1-2-16-19-17(23-20-16)22-15-9-7-14(8-10-15)21-13-5-3-12(11-18)4-6-13/h3-10H,2H2,1H3. The van der Waals surface area contributed by atoms with E-state index in [4.69, 9.17) is 14.7 Å². The van der Waals surface area contributed by atoms with Crippen LogP contribution in [0.25, 0.3) is 0 Å². The second-order valence-electron chi connectivity index (χ2n) is 4.64. The van der Waals surface area contributed by atoms with Crippen LogP contribution in [0.4, 0.5) is 0 Å². The predicted octanol–water partition coefficient (Wildman–Crippen LogP) is 4.56. The summed E-state index contributed by atoms with van der Waals surface area (Å²) < 4.78 is 15.5. The van der Waals surface area contributed by atoms with Crippen molar-refractivity contribution < 1.29 is 9.47 Å². The highest BCUT2D eigenvalue weighted by molar-refractivity contribution is 7.07. The Bertz CT molecular complexity index is 820. The lowest BCUT2D eigenvalue weighted by Crippen LogP contribution is -1.87. The molecule has 2 aromatic carbocycles. The number of hydrogen-bond acceptors (Lipinski definition) is 6. The van der Waals surface area contributed by atoms with E-state index in [0.29, 0.717) is 28.0 Å². The molecule has 0 amide bonds. The van der Waals surface area contributed by atoms with E-state index in [1.54, 1.807) is 24.3 Å². The van der Waals surface area contributed by atoms with Gasteiger partial charge < -0.3 is 9.47 Å². The van der Waals surface area contributed by atoms with Crippen molar-refractivity contribution in [3.63, 3.8) is 0 Å². The smallest absolute Gasteiger partial charge is 0.298 e. The SMILES string of the molecule is CCc1nsc(Oc2ccc(Oc3ccc(C#N)cc3)cc2)n1. The maximum atomic E-state index is 8.77. The minimum Gasteiger partial charge on any atom is -0.457 e. The Kier molecular flexibility index (Phi) is 4.50. The fourth-order valence-electron chi connectivity index (χ4n) is 1.83. The average molecular weight is 323 g/mol. The minimum absolute atomic E-state index is 0.530. The maximum Gasteiger partial charge on any atom is 0.298 e. The van der Waals surface area contributed by atoms with Gasteiger partial charge in [0, 0.05) is 18.0 Å². The number of hydrogen-bond donors (Lipinski definition) is 0. The molecule has 0 saturated heterocycles. The second-order valence-corrected chi connectivity index (χ2v) is 5.36. The highest BCUT2D eigenvalue weighted by Gasteiger charge is 2.05. The van der Waals surface area contributed by atoms with E-state index in [2.05, 4.69) is 15.4 Å². The first-order chi connectivity index (χ1) is 11.3. The summed E-state index contributed by atoms with van der Waals surface area (Å²) in [5, 5.41) is 9.30. The lowest BCUT2D eigenvalue weighted by Gasteiger charge is -2.06.